The maximum atomic E-state index is 12.2. The molecule has 2 atom stereocenters. The molecule has 4 rings (SSSR count). The molecule has 3 aliphatic rings. The van der Waals surface area contributed by atoms with Gasteiger partial charge in [-0.1, -0.05) is 0 Å². The van der Waals surface area contributed by atoms with E-state index in [1.54, 1.807) is 6.07 Å². The second-order valence-electron chi connectivity index (χ2n) is 5.58. The molecule has 1 aromatic carbocycles. The quantitative estimate of drug-likeness (QED) is 0.705. The van der Waals surface area contributed by atoms with Crippen molar-refractivity contribution in [2.45, 2.75) is 12.5 Å². The highest BCUT2D eigenvalue weighted by atomic mass is 16.2. The molecule has 1 saturated carbocycles. The molecule has 0 radical (unpaired) electrons. The second kappa shape index (κ2) is 3.81. The highest BCUT2D eigenvalue weighted by Gasteiger charge is 2.53. The summed E-state index contributed by atoms with van der Waals surface area (Å²) in [5.74, 6) is 1.19. The number of benzene rings is 1. The minimum Gasteiger partial charge on any atom is -0.349 e. The van der Waals surface area contributed by atoms with Gasteiger partial charge < -0.3 is 16.0 Å². The molecule has 0 spiro atoms. The molecule has 5 heteroatoms. The molecule has 3 N–H and O–H groups in total. The highest BCUT2D eigenvalue weighted by molar-refractivity contribution is 6.01. The van der Waals surface area contributed by atoms with Crippen molar-refractivity contribution in [3.05, 3.63) is 29.3 Å². The first-order chi connectivity index (χ1) is 9.22. The van der Waals surface area contributed by atoms with Gasteiger partial charge in [-0.05, 0) is 35.6 Å². The zero-order chi connectivity index (χ0) is 13.0. The van der Waals surface area contributed by atoms with Gasteiger partial charge >= 0.3 is 0 Å². The van der Waals surface area contributed by atoms with E-state index < -0.39 is 0 Å². The lowest BCUT2D eigenvalue weighted by Crippen LogP contribution is -2.32. The first-order valence-electron chi connectivity index (χ1n) is 6.67. The maximum absolute atomic E-state index is 12.2. The molecule has 0 bridgehead atoms. The third-order valence-corrected chi connectivity index (χ3v) is 4.38. The fraction of sp³-hybridized carbons (Fsp3) is 0.429. The standard InChI is InChI=1S/C14H15N3O2/c18-12-4-8-3-7(1-2-11(8)16-12)14(19)17-13-9-5-15-6-10(9)13/h1-3,9-10,13,15H,4-6H2,(H,16,18)(H,17,19). The van der Waals surface area contributed by atoms with Gasteiger partial charge in [0, 0.05) is 30.4 Å². The smallest absolute Gasteiger partial charge is 0.251 e. The van der Waals surface area contributed by atoms with E-state index in [1.807, 2.05) is 12.1 Å². The molecular formula is C14H15N3O2. The molecule has 98 valence electrons. The van der Waals surface area contributed by atoms with Gasteiger partial charge in [-0.15, -0.1) is 0 Å². The van der Waals surface area contributed by atoms with Crippen molar-refractivity contribution in [3.8, 4) is 0 Å². The first-order valence-corrected chi connectivity index (χ1v) is 6.67. The third kappa shape index (κ3) is 1.73. The van der Waals surface area contributed by atoms with Gasteiger partial charge in [0.1, 0.15) is 0 Å². The van der Waals surface area contributed by atoms with Crippen LogP contribution in [0.15, 0.2) is 18.2 Å². The van der Waals surface area contributed by atoms with Gasteiger partial charge in [-0.25, -0.2) is 0 Å². The van der Waals surface area contributed by atoms with E-state index in [4.69, 9.17) is 0 Å². The van der Waals surface area contributed by atoms with Gasteiger partial charge in [0.25, 0.3) is 5.91 Å². The summed E-state index contributed by atoms with van der Waals surface area (Å²) in [5.41, 5.74) is 2.39. The van der Waals surface area contributed by atoms with Gasteiger partial charge in [0.05, 0.1) is 6.42 Å². The van der Waals surface area contributed by atoms with Crippen molar-refractivity contribution in [1.82, 2.24) is 10.6 Å². The van der Waals surface area contributed by atoms with E-state index in [-0.39, 0.29) is 11.8 Å². The molecule has 5 nitrogen and oxygen atoms in total. The number of carbonyl (C=O) groups is 2. The predicted octanol–water partition coefficient (Wildman–Crippen LogP) is 0.129. The van der Waals surface area contributed by atoms with Crippen LogP contribution in [0.2, 0.25) is 0 Å². The highest BCUT2D eigenvalue weighted by Crippen LogP contribution is 2.41. The van der Waals surface area contributed by atoms with Crippen LogP contribution in [0.3, 0.4) is 0 Å². The topological polar surface area (TPSA) is 70.2 Å². The Balaban J connectivity index is 1.49. The van der Waals surface area contributed by atoms with Crippen LogP contribution in [0.5, 0.6) is 0 Å². The summed E-state index contributed by atoms with van der Waals surface area (Å²) in [7, 11) is 0. The number of rotatable bonds is 2. The van der Waals surface area contributed by atoms with Crippen LogP contribution in [0, 0.1) is 11.8 Å². The molecule has 2 fully saturated rings. The number of hydrogen-bond donors (Lipinski definition) is 3. The van der Waals surface area contributed by atoms with Crippen LogP contribution in [-0.4, -0.2) is 30.9 Å². The number of hydrogen-bond acceptors (Lipinski definition) is 3. The minimum atomic E-state index is -0.0263. The van der Waals surface area contributed by atoms with Crippen LogP contribution in [-0.2, 0) is 11.2 Å². The van der Waals surface area contributed by atoms with E-state index in [9.17, 15) is 9.59 Å². The molecule has 2 aliphatic heterocycles. The van der Waals surface area contributed by atoms with Gasteiger partial charge in [-0.2, -0.15) is 0 Å². The molecule has 1 aliphatic carbocycles. The fourth-order valence-corrected chi connectivity index (χ4v) is 3.24. The van der Waals surface area contributed by atoms with Crippen LogP contribution in [0.25, 0.3) is 0 Å². The van der Waals surface area contributed by atoms with Crippen molar-refractivity contribution in [3.63, 3.8) is 0 Å². The monoisotopic (exact) mass is 257 g/mol. The molecule has 2 unspecified atom stereocenters. The summed E-state index contributed by atoms with van der Waals surface area (Å²) >= 11 is 0. The van der Waals surface area contributed by atoms with Crippen molar-refractivity contribution >= 4 is 17.5 Å². The Morgan fingerprint density at radius 1 is 1.26 bits per heavy atom. The van der Waals surface area contributed by atoms with Crippen LogP contribution >= 0.6 is 0 Å². The van der Waals surface area contributed by atoms with Crippen molar-refractivity contribution in [2.24, 2.45) is 11.8 Å². The van der Waals surface area contributed by atoms with Crippen LogP contribution in [0.1, 0.15) is 15.9 Å². The number of carbonyl (C=O) groups excluding carboxylic acids is 2. The van der Waals surface area contributed by atoms with Crippen molar-refractivity contribution in [2.75, 3.05) is 18.4 Å². The number of piperidine rings is 1. The van der Waals surface area contributed by atoms with Gasteiger partial charge in [0.15, 0.2) is 0 Å². The Kier molecular flexibility index (Phi) is 2.20. The van der Waals surface area contributed by atoms with Crippen molar-refractivity contribution < 1.29 is 9.59 Å². The Hall–Kier alpha value is -1.88. The van der Waals surface area contributed by atoms with Crippen LogP contribution in [0.4, 0.5) is 5.69 Å². The lowest BCUT2D eigenvalue weighted by molar-refractivity contribution is -0.115. The molecule has 2 heterocycles. The van der Waals surface area contributed by atoms with Crippen molar-refractivity contribution in [1.29, 1.82) is 0 Å². The minimum absolute atomic E-state index is 0.00430. The molecule has 19 heavy (non-hydrogen) atoms. The maximum Gasteiger partial charge on any atom is 0.251 e. The molecule has 1 aromatic rings. The Morgan fingerprint density at radius 2 is 2.05 bits per heavy atom. The Labute approximate surface area is 110 Å². The number of fused-ring (bicyclic) bond motifs is 2. The third-order valence-electron chi connectivity index (χ3n) is 4.38. The lowest BCUT2D eigenvalue weighted by Gasteiger charge is -2.08. The van der Waals surface area contributed by atoms with Gasteiger partial charge in [0.2, 0.25) is 5.91 Å². The zero-order valence-corrected chi connectivity index (χ0v) is 10.4. The second-order valence-corrected chi connectivity index (χ2v) is 5.58. The summed E-state index contributed by atoms with van der Waals surface area (Å²) in [5, 5.41) is 9.17. The number of amides is 2. The van der Waals surface area contributed by atoms with E-state index in [0.29, 0.717) is 29.9 Å². The predicted molar refractivity (Wildman–Crippen MR) is 69.9 cm³/mol. The summed E-state index contributed by atoms with van der Waals surface area (Å²) in [6, 6.07) is 5.74. The normalized spacial score (nSPS) is 30.5. The fourth-order valence-electron chi connectivity index (χ4n) is 3.24. The van der Waals surface area contributed by atoms with E-state index >= 15 is 0 Å². The average Bonchev–Trinajstić information content (AvgIpc) is 2.81. The van der Waals surface area contributed by atoms with Gasteiger partial charge in [-0.3, -0.25) is 9.59 Å². The lowest BCUT2D eigenvalue weighted by atomic mass is 10.1. The SMILES string of the molecule is O=C1Cc2cc(C(=O)NC3C4CNCC43)ccc2N1. The summed E-state index contributed by atoms with van der Waals surface area (Å²) < 4.78 is 0. The number of anilines is 1. The molecular weight excluding hydrogens is 242 g/mol. The summed E-state index contributed by atoms with van der Waals surface area (Å²) in [6.07, 6.45) is 0.370. The largest absolute Gasteiger partial charge is 0.349 e. The van der Waals surface area contributed by atoms with E-state index in [2.05, 4.69) is 16.0 Å². The number of nitrogens with one attached hydrogen (secondary N) is 3. The average molecular weight is 257 g/mol. The summed E-state index contributed by atoms with van der Waals surface area (Å²) in [6.45, 7) is 2.02. The molecule has 0 aromatic heterocycles. The van der Waals surface area contributed by atoms with Crippen LogP contribution < -0.4 is 16.0 Å². The Morgan fingerprint density at radius 3 is 2.84 bits per heavy atom. The summed E-state index contributed by atoms with van der Waals surface area (Å²) in [4.78, 5) is 23.5. The zero-order valence-electron chi connectivity index (χ0n) is 10.4. The van der Waals surface area contributed by atoms with E-state index in [1.165, 1.54) is 0 Å². The first kappa shape index (κ1) is 11.0. The molecule has 1 saturated heterocycles. The van der Waals surface area contributed by atoms with E-state index in [0.717, 1.165) is 24.3 Å². The molecule has 2 amide bonds. The Bertz CT molecular complexity index is 574.